The molecule has 5 heteroatoms. The molecule has 0 atom stereocenters. The predicted molar refractivity (Wildman–Crippen MR) is 97.1 cm³/mol. The number of hydrogen-bond acceptors (Lipinski definition) is 3. The molecular weight excluding hydrogens is 322 g/mol. The monoisotopic (exact) mass is 341 g/mol. The van der Waals surface area contributed by atoms with Crippen LogP contribution in [-0.2, 0) is 6.42 Å². The van der Waals surface area contributed by atoms with Gasteiger partial charge < -0.3 is 5.11 Å². The fourth-order valence-electron chi connectivity index (χ4n) is 2.82. The maximum Gasteiger partial charge on any atom is 0.126 e. The number of aromatic nitrogens is 3. The number of halogens is 1. The third kappa shape index (κ3) is 3.44. The lowest BCUT2D eigenvalue weighted by Gasteiger charge is -2.20. The van der Waals surface area contributed by atoms with E-state index in [4.69, 9.17) is 11.6 Å². The molecule has 0 bridgehead atoms. The van der Waals surface area contributed by atoms with Crippen LogP contribution in [0, 0.1) is 5.41 Å². The Balaban J connectivity index is 2.15. The average molecular weight is 342 g/mol. The Morgan fingerprint density at radius 2 is 1.88 bits per heavy atom. The van der Waals surface area contributed by atoms with E-state index in [1.54, 1.807) is 6.20 Å². The summed E-state index contributed by atoms with van der Waals surface area (Å²) in [5, 5.41) is 22.1. The van der Waals surface area contributed by atoms with Crippen LogP contribution >= 0.6 is 11.6 Å². The molecule has 0 saturated heterocycles. The van der Waals surface area contributed by atoms with Gasteiger partial charge in [0.05, 0.1) is 6.20 Å². The number of nitrogens with one attached hydrogen (secondary N) is 1. The normalized spacial score (nSPS) is 11.7. The summed E-state index contributed by atoms with van der Waals surface area (Å²) in [5.74, 6) is 0.305. The molecule has 0 saturated carbocycles. The largest absolute Gasteiger partial charge is 0.507 e. The van der Waals surface area contributed by atoms with Crippen LogP contribution in [0.3, 0.4) is 0 Å². The molecule has 1 aromatic heterocycles. The van der Waals surface area contributed by atoms with Crippen LogP contribution in [0.5, 0.6) is 5.75 Å². The molecule has 0 radical (unpaired) electrons. The number of aromatic amines is 1. The number of benzene rings is 2. The molecule has 0 aliphatic heterocycles. The van der Waals surface area contributed by atoms with E-state index in [9.17, 15) is 5.11 Å². The first-order chi connectivity index (χ1) is 11.3. The molecule has 124 valence electrons. The number of H-pyrrole nitrogens is 1. The summed E-state index contributed by atoms with van der Waals surface area (Å²) in [5.41, 5.74) is 4.19. The predicted octanol–water partition coefficient (Wildman–Crippen LogP) is 5.09. The molecule has 3 rings (SSSR count). The number of aromatic hydroxyl groups is 1. The highest BCUT2D eigenvalue weighted by Crippen LogP contribution is 2.40. The third-order valence-electron chi connectivity index (χ3n) is 3.80. The maximum atomic E-state index is 10.8. The standard InChI is InChI=1S/C19H20ClN3O/c1-19(2,3)10-12-5-4-6-15(18(12)24)14-8-7-13(20)9-16(14)17-11-21-23-22-17/h4-9,11,24H,10H2,1-3H3,(H,21,22,23). The van der Waals surface area contributed by atoms with Gasteiger partial charge in [-0.15, -0.1) is 0 Å². The van der Waals surface area contributed by atoms with Gasteiger partial charge >= 0.3 is 0 Å². The van der Waals surface area contributed by atoms with Crippen molar-refractivity contribution in [2.45, 2.75) is 27.2 Å². The molecule has 0 amide bonds. The highest BCUT2D eigenvalue weighted by atomic mass is 35.5. The van der Waals surface area contributed by atoms with Gasteiger partial charge in [-0.2, -0.15) is 15.4 Å². The lowest BCUT2D eigenvalue weighted by Crippen LogP contribution is -2.09. The van der Waals surface area contributed by atoms with Crippen molar-refractivity contribution in [3.8, 4) is 28.1 Å². The maximum absolute atomic E-state index is 10.8. The van der Waals surface area contributed by atoms with Crippen LogP contribution in [0.15, 0.2) is 42.6 Å². The van der Waals surface area contributed by atoms with E-state index in [0.717, 1.165) is 28.7 Å². The van der Waals surface area contributed by atoms with E-state index in [-0.39, 0.29) is 5.41 Å². The first kappa shape index (κ1) is 16.5. The van der Waals surface area contributed by atoms with E-state index in [0.29, 0.717) is 16.5 Å². The van der Waals surface area contributed by atoms with Gasteiger partial charge in [-0.05, 0) is 35.1 Å². The fourth-order valence-corrected chi connectivity index (χ4v) is 2.99. The highest BCUT2D eigenvalue weighted by molar-refractivity contribution is 6.31. The molecule has 0 unspecified atom stereocenters. The highest BCUT2D eigenvalue weighted by Gasteiger charge is 2.18. The van der Waals surface area contributed by atoms with Gasteiger partial charge in [0.25, 0.3) is 0 Å². The summed E-state index contributed by atoms with van der Waals surface area (Å²) in [6.07, 6.45) is 2.44. The van der Waals surface area contributed by atoms with Crippen molar-refractivity contribution in [2.24, 2.45) is 5.41 Å². The van der Waals surface area contributed by atoms with Crippen LogP contribution < -0.4 is 0 Å². The van der Waals surface area contributed by atoms with Crippen molar-refractivity contribution in [3.63, 3.8) is 0 Å². The molecule has 1 heterocycles. The minimum atomic E-state index is 0.0883. The summed E-state index contributed by atoms with van der Waals surface area (Å²) in [7, 11) is 0. The Morgan fingerprint density at radius 3 is 2.54 bits per heavy atom. The molecule has 0 spiro atoms. The van der Waals surface area contributed by atoms with Crippen molar-refractivity contribution in [1.82, 2.24) is 15.4 Å². The Morgan fingerprint density at radius 1 is 1.08 bits per heavy atom. The number of phenols is 1. The SMILES string of the molecule is CC(C)(C)Cc1cccc(-c2ccc(Cl)cc2-c2cn[nH]n2)c1O. The second-order valence-electron chi connectivity index (χ2n) is 7.10. The second kappa shape index (κ2) is 6.29. The van der Waals surface area contributed by atoms with Crippen LogP contribution in [0.4, 0.5) is 0 Å². The summed E-state index contributed by atoms with van der Waals surface area (Å²) in [6, 6.07) is 11.4. The molecule has 2 N–H and O–H groups in total. The number of para-hydroxylation sites is 1. The zero-order valence-corrected chi connectivity index (χ0v) is 14.7. The van der Waals surface area contributed by atoms with Crippen molar-refractivity contribution < 1.29 is 5.11 Å². The third-order valence-corrected chi connectivity index (χ3v) is 4.04. The molecule has 2 aromatic carbocycles. The topological polar surface area (TPSA) is 61.8 Å². The minimum Gasteiger partial charge on any atom is -0.507 e. The van der Waals surface area contributed by atoms with Crippen molar-refractivity contribution in [3.05, 3.63) is 53.2 Å². The van der Waals surface area contributed by atoms with Gasteiger partial charge in [-0.3, -0.25) is 0 Å². The Labute approximate surface area is 146 Å². The zero-order chi connectivity index (χ0) is 17.3. The molecule has 4 nitrogen and oxygen atoms in total. The summed E-state index contributed by atoms with van der Waals surface area (Å²) in [6.45, 7) is 6.46. The van der Waals surface area contributed by atoms with E-state index in [2.05, 4.69) is 36.2 Å². The Hall–Kier alpha value is -2.33. The number of phenolic OH excluding ortho intramolecular Hbond substituents is 1. The summed E-state index contributed by atoms with van der Waals surface area (Å²) < 4.78 is 0. The number of rotatable bonds is 3. The second-order valence-corrected chi connectivity index (χ2v) is 7.53. The smallest absolute Gasteiger partial charge is 0.126 e. The van der Waals surface area contributed by atoms with E-state index >= 15 is 0 Å². The van der Waals surface area contributed by atoms with Gasteiger partial charge in [0.2, 0.25) is 0 Å². The van der Waals surface area contributed by atoms with Crippen LogP contribution in [0.25, 0.3) is 22.4 Å². The molecule has 24 heavy (non-hydrogen) atoms. The lowest BCUT2D eigenvalue weighted by molar-refractivity contribution is 0.395. The van der Waals surface area contributed by atoms with Gasteiger partial charge in [0.1, 0.15) is 11.4 Å². The van der Waals surface area contributed by atoms with Crippen LogP contribution in [-0.4, -0.2) is 20.5 Å². The number of hydrogen-bond donors (Lipinski definition) is 2. The molecule has 3 aromatic rings. The number of nitrogens with zero attached hydrogens (tertiary/aromatic N) is 2. The molecular formula is C19H20ClN3O. The van der Waals surface area contributed by atoms with Gasteiger partial charge in [0, 0.05) is 16.1 Å². The minimum absolute atomic E-state index is 0.0883. The van der Waals surface area contributed by atoms with Crippen LogP contribution in [0.2, 0.25) is 5.02 Å². The quantitative estimate of drug-likeness (QED) is 0.697. The Bertz CT molecular complexity index is 852. The molecule has 0 aliphatic rings. The molecule has 0 fully saturated rings. The van der Waals surface area contributed by atoms with Gasteiger partial charge in [-0.1, -0.05) is 56.6 Å². The summed E-state index contributed by atoms with van der Waals surface area (Å²) in [4.78, 5) is 0. The summed E-state index contributed by atoms with van der Waals surface area (Å²) >= 11 is 6.16. The van der Waals surface area contributed by atoms with Crippen LogP contribution in [0.1, 0.15) is 26.3 Å². The first-order valence-corrected chi connectivity index (χ1v) is 8.20. The first-order valence-electron chi connectivity index (χ1n) is 7.82. The van der Waals surface area contributed by atoms with Crippen molar-refractivity contribution in [1.29, 1.82) is 0 Å². The zero-order valence-electron chi connectivity index (χ0n) is 14.0. The van der Waals surface area contributed by atoms with E-state index in [1.165, 1.54) is 0 Å². The molecule has 0 aliphatic carbocycles. The fraction of sp³-hybridized carbons (Fsp3) is 0.263. The lowest BCUT2D eigenvalue weighted by atomic mass is 9.86. The van der Waals surface area contributed by atoms with E-state index < -0.39 is 0 Å². The van der Waals surface area contributed by atoms with Crippen molar-refractivity contribution in [2.75, 3.05) is 0 Å². The van der Waals surface area contributed by atoms with Crippen molar-refractivity contribution >= 4 is 11.6 Å². The van der Waals surface area contributed by atoms with Gasteiger partial charge in [0.15, 0.2) is 0 Å². The Kier molecular flexibility index (Phi) is 4.33. The van der Waals surface area contributed by atoms with Gasteiger partial charge in [-0.25, -0.2) is 0 Å². The average Bonchev–Trinajstić information content (AvgIpc) is 3.03. The van der Waals surface area contributed by atoms with E-state index in [1.807, 2.05) is 36.4 Å².